The molecule has 0 saturated carbocycles. The fraction of sp³-hybridized carbons (Fsp3) is 0.355. The molecule has 1 atom stereocenters. The average molecular weight is 702 g/mol. The third kappa shape index (κ3) is 9.47. The van der Waals surface area contributed by atoms with Crippen molar-refractivity contribution in [2.75, 3.05) is 49.5 Å². The average Bonchev–Trinajstić information content (AvgIpc) is 3.47. The van der Waals surface area contributed by atoms with Crippen molar-refractivity contribution < 1.29 is 27.9 Å². The number of pyridine rings is 1. The number of hydrogen-bond donors (Lipinski definition) is 2. The second kappa shape index (κ2) is 16.8. The quantitative estimate of drug-likeness (QED) is 0.300. The number of aliphatic carboxylic acids is 1. The Morgan fingerprint density at radius 3 is 2.22 bits per heavy atom. The fourth-order valence-corrected chi connectivity index (χ4v) is 5.65. The van der Waals surface area contributed by atoms with Gasteiger partial charge in [0, 0.05) is 55.7 Å². The molecule has 1 amide bonds. The van der Waals surface area contributed by atoms with Crippen molar-refractivity contribution in [2.24, 2.45) is 0 Å². The van der Waals surface area contributed by atoms with Crippen molar-refractivity contribution in [3.8, 4) is 17.2 Å². The van der Waals surface area contributed by atoms with Gasteiger partial charge in [0.15, 0.2) is 0 Å². The van der Waals surface area contributed by atoms with E-state index in [2.05, 4.69) is 21.3 Å². The molecular formula is C31H34Cl3F3N6O3. The van der Waals surface area contributed by atoms with Crippen LogP contribution >= 0.6 is 37.2 Å². The van der Waals surface area contributed by atoms with Crippen LogP contribution in [0.5, 0.6) is 0 Å². The molecule has 9 nitrogen and oxygen atoms in total. The summed E-state index contributed by atoms with van der Waals surface area (Å²) >= 11 is 0. The van der Waals surface area contributed by atoms with Crippen LogP contribution in [0.3, 0.4) is 0 Å². The number of rotatable bonds is 8. The molecule has 2 saturated heterocycles. The van der Waals surface area contributed by atoms with Gasteiger partial charge in [-0.1, -0.05) is 12.1 Å². The first-order valence-electron chi connectivity index (χ1n) is 14.0. The highest BCUT2D eigenvalue weighted by molar-refractivity contribution is 6.04. The molecule has 5 rings (SSSR count). The molecule has 3 heterocycles. The lowest BCUT2D eigenvalue weighted by atomic mass is 10.00. The van der Waals surface area contributed by atoms with Crippen LogP contribution in [0.25, 0.3) is 11.1 Å². The summed E-state index contributed by atoms with van der Waals surface area (Å²) in [6.07, 6.45) is -2.32. The first-order valence-corrected chi connectivity index (χ1v) is 14.0. The summed E-state index contributed by atoms with van der Waals surface area (Å²) in [5, 5.41) is 20.9. The van der Waals surface area contributed by atoms with E-state index in [9.17, 15) is 22.8 Å². The van der Waals surface area contributed by atoms with E-state index < -0.39 is 24.1 Å². The van der Waals surface area contributed by atoms with Gasteiger partial charge in [-0.3, -0.25) is 19.4 Å². The van der Waals surface area contributed by atoms with Gasteiger partial charge in [-0.25, -0.2) is 4.98 Å². The van der Waals surface area contributed by atoms with Gasteiger partial charge >= 0.3 is 12.1 Å². The van der Waals surface area contributed by atoms with E-state index in [1.807, 2.05) is 17.0 Å². The molecule has 0 spiro atoms. The van der Waals surface area contributed by atoms with Crippen LogP contribution < -0.4 is 10.2 Å². The molecule has 0 aliphatic carbocycles. The van der Waals surface area contributed by atoms with Gasteiger partial charge in [0.2, 0.25) is 0 Å². The number of carbonyl (C=O) groups is 2. The predicted octanol–water partition coefficient (Wildman–Crippen LogP) is 5.87. The summed E-state index contributed by atoms with van der Waals surface area (Å²) in [4.78, 5) is 33.9. The maximum atomic E-state index is 13.7. The first kappa shape index (κ1) is 38.6. The molecule has 2 aliphatic rings. The van der Waals surface area contributed by atoms with Crippen molar-refractivity contribution in [2.45, 2.75) is 31.6 Å². The van der Waals surface area contributed by atoms with E-state index in [1.165, 1.54) is 11.1 Å². The fourth-order valence-electron chi connectivity index (χ4n) is 5.65. The summed E-state index contributed by atoms with van der Waals surface area (Å²) in [6, 6.07) is 15.9. The predicted molar refractivity (Wildman–Crippen MR) is 176 cm³/mol. The van der Waals surface area contributed by atoms with Gasteiger partial charge in [-0.15, -0.1) is 37.2 Å². The van der Waals surface area contributed by atoms with E-state index in [1.54, 1.807) is 42.5 Å². The van der Waals surface area contributed by atoms with Gasteiger partial charge < -0.3 is 15.3 Å². The molecule has 46 heavy (non-hydrogen) atoms. The number of benzene rings is 2. The molecule has 2 aromatic carbocycles. The highest BCUT2D eigenvalue weighted by Crippen LogP contribution is 2.35. The molecule has 0 unspecified atom stereocenters. The molecule has 3 aromatic rings. The second-order valence-corrected chi connectivity index (χ2v) is 10.7. The Hall–Kier alpha value is -3.60. The van der Waals surface area contributed by atoms with Crippen molar-refractivity contribution in [3.63, 3.8) is 0 Å². The van der Waals surface area contributed by atoms with Crippen LogP contribution in [0.4, 0.5) is 24.7 Å². The Bertz CT molecular complexity index is 1510. The monoisotopic (exact) mass is 700 g/mol. The second-order valence-electron chi connectivity index (χ2n) is 10.7. The summed E-state index contributed by atoms with van der Waals surface area (Å²) < 4.78 is 41.1. The zero-order valence-corrected chi connectivity index (χ0v) is 27.0. The molecule has 2 aliphatic heterocycles. The van der Waals surface area contributed by atoms with Crippen molar-refractivity contribution in [1.82, 2.24) is 14.8 Å². The summed E-state index contributed by atoms with van der Waals surface area (Å²) in [6.45, 7) is 2.94. The van der Waals surface area contributed by atoms with Crippen LogP contribution in [-0.2, 0) is 11.3 Å². The number of nitrogens with one attached hydrogen (secondary N) is 1. The number of alkyl halides is 3. The molecular weight excluding hydrogens is 668 g/mol. The number of carboxylic acid groups (broad SMARTS) is 1. The largest absolute Gasteiger partial charge is 0.480 e. The standard InChI is InChI=1S/C31H31F3N6O3.3ClH/c32-31(33,34)27-2-1-11-40(27)19-24-16-28(36-18-26(24)22-5-3-21(17-35)4-6-22)37-30(43)23-7-9-25(10-8-23)39-14-12-38(13-15-39)20-29(41)42;;;/h3-10,16,18,27H,1-2,11-15,19-20H2,(H,41,42)(H,36,37,43);3*1H/t27-;;;/m0.../s1. The van der Waals surface area contributed by atoms with Crippen molar-refractivity contribution >= 4 is 60.6 Å². The van der Waals surface area contributed by atoms with Crippen molar-refractivity contribution in [1.29, 1.82) is 5.26 Å². The number of carboxylic acids is 1. The number of nitriles is 1. The third-order valence-corrected chi connectivity index (χ3v) is 7.90. The molecule has 15 heteroatoms. The number of amides is 1. The lowest BCUT2D eigenvalue weighted by Gasteiger charge is -2.35. The minimum Gasteiger partial charge on any atom is -0.480 e. The maximum absolute atomic E-state index is 13.7. The van der Waals surface area contributed by atoms with Crippen LogP contribution in [0.1, 0.15) is 34.3 Å². The van der Waals surface area contributed by atoms with E-state index >= 15 is 0 Å². The normalized spacial score (nSPS) is 16.7. The summed E-state index contributed by atoms with van der Waals surface area (Å²) in [5.41, 5.74) is 3.70. The lowest BCUT2D eigenvalue weighted by molar-refractivity contribution is -0.177. The molecule has 0 bridgehead atoms. The number of hydrogen-bond acceptors (Lipinski definition) is 7. The Labute approximate surface area is 283 Å². The Morgan fingerprint density at radius 2 is 1.63 bits per heavy atom. The number of aromatic nitrogens is 1. The van der Waals surface area contributed by atoms with E-state index in [4.69, 9.17) is 10.4 Å². The highest BCUT2D eigenvalue weighted by atomic mass is 35.5. The van der Waals surface area contributed by atoms with Crippen LogP contribution in [0.15, 0.2) is 60.8 Å². The lowest BCUT2D eigenvalue weighted by Crippen LogP contribution is -2.47. The van der Waals surface area contributed by atoms with Crippen LogP contribution in [0.2, 0.25) is 0 Å². The SMILES string of the molecule is Cl.Cl.Cl.N#Cc1ccc(-c2cnc(NC(=O)c3ccc(N4CCN(CC(=O)O)CC4)cc3)cc2CN2CCC[C@H]2C(F)(F)F)cc1. The number of likely N-dealkylation sites (tertiary alicyclic amines) is 1. The van der Waals surface area contributed by atoms with Gasteiger partial charge in [0.1, 0.15) is 11.9 Å². The minimum atomic E-state index is -4.34. The smallest absolute Gasteiger partial charge is 0.404 e. The topological polar surface area (TPSA) is 113 Å². The van der Waals surface area contributed by atoms with E-state index in [0.29, 0.717) is 67.0 Å². The number of halogens is 6. The number of piperazine rings is 1. The molecule has 1 aromatic heterocycles. The van der Waals surface area contributed by atoms with Gasteiger partial charge in [0.25, 0.3) is 5.91 Å². The Morgan fingerprint density at radius 1 is 0.978 bits per heavy atom. The highest BCUT2D eigenvalue weighted by Gasteiger charge is 2.45. The Kier molecular flexibility index (Phi) is 14.1. The van der Waals surface area contributed by atoms with Gasteiger partial charge in [-0.05, 0) is 73.0 Å². The number of anilines is 2. The molecule has 2 fully saturated rings. The first-order chi connectivity index (χ1) is 20.6. The molecule has 2 N–H and O–H groups in total. The molecule has 248 valence electrons. The van der Waals surface area contributed by atoms with Crippen molar-refractivity contribution in [3.05, 3.63) is 77.5 Å². The van der Waals surface area contributed by atoms with Gasteiger partial charge in [-0.2, -0.15) is 18.4 Å². The summed E-state index contributed by atoms with van der Waals surface area (Å²) in [5.74, 6) is -1.04. The van der Waals surface area contributed by atoms with Crippen LogP contribution in [-0.4, -0.2) is 83.3 Å². The minimum absolute atomic E-state index is 0. The summed E-state index contributed by atoms with van der Waals surface area (Å²) in [7, 11) is 0. The number of nitrogens with zero attached hydrogens (tertiary/aromatic N) is 5. The van der Waals surface area contributed by atoms with E-state index in [0.717, 1.165) is 5.69 Å². The van der Waals surface area contributed by atoms with Gasteiger partial charge in [0.05, 0.1) is 18.2 Å². The zero-order valence-electron chi connectivity index (χ0n) is 24.6. The Balaban J connectivity index is 0.00000245. The van der Waals surface area contributed by atoms with Crippen LogP contribution in [0, 0.1) is 11.3 Å². The molecule has 0 radical (unpaired) electrons. The number of carbonyl (C=O) groups excluding carboxylic acids is 1. The third-order valence-electron chi connectivity index (χ3n) is 7.90. The maximum Gasteiger partial charge on any atom is 0.404 e. The van der Waals surface area contributed by atoms with E-state index in [-0.39, 0.29) is 62.5 Å². The zero-order chi connectivity index (χ0) is 30.6.